The number of aliphatic imine (C=N–C) groups is 1. The highest BCUT2D eigenvalue weighted by Gasteiger charge is 2.20. The molecule has 0 saturated heterocycles. The molecule has 39 heavy (non-hydrogen) atoms. The zero-order chi connectivity index (χ0) is 27.8. The van der Waals surface area contributed by atoms with Crippen LogP contribution in [0.15, 0.2) is 59.6 Å². The highest BCUT2D eigenvalue weighted by Crippen LogP contribution is 2.42. The summed E-state index contributed by atoms with van der Waals surface area (Å²) in [5, 5.41) is 8.71. The number of anilines is 1. The van der Waals surface area contributed by atoms with Crippen LogP contribution < -0.4 is 25.4 Å². The summed E-state index contributed by atoms with van der Waals surface area (Å²) in [6.07, 6.45) is 3.06. The zero-order valence-electron chi connectivity index (χ0n) is 22.6. The fourth-order valence-corrected chi connectivity index (χ4v) is 4.47. The average molecular weight is 531 g/mol. The van der Waals surface area contributed by atoms with Crippen molar-refractivity contribution in [1.29, 1.82) is 0 Å². The molecular weight excluding hydrogens is 496 g/mol. The van der Waals surface area contributed by atoms with Crippen LogP contribution in [0.1, 0.15) is 23.6 Å². The molecule has 1 aliphatic heterocycles. The first-order chi connectivity index (χ1) is 18.9. The van der Waals surface area contributed by atoms with Crippen molar-refractivity contribution in [1.82, 2.24) is 10.6 Å². The molecule has 9 nitrogen and oxygen atoms in total. The second kappa shape index (κ2) is 13.0. The van der Waals surface area contributed by atoms with Crippen molar-refractivity contribution in [2.45, 2.75) is 38.6 Å². The first kappa shape index (κ1) is 27.8. The highest BCUT2D eigenvalue weighted by atomic mass is 16.5. The molecule has 0 radical (unpaired) electrons. The second-order valence-corrected chi connectivity index (χ2v) is 9.31. The fourth-order valence-electron chi connectivity index (χ4n) is 4.47. The number of likely N-dealkylation sites (N-methyl/N-ethyl adjacent to an activating group) is 1. The lowest BCUT2D eigenvalue weighted by molar-refractivity contribution is -0.117. The molecule has 3 aromatic carbocycles. The van der Waals surface area contributed by atoms with Crippen molar-refractivity contribution >= 4 is 29.9 Å². The lowest BCUT2D eigenvalue weighted by atomic mass is 9.93. The SMILES string of the molecule is CNC(C)C(=O)Nc1cc(COC)cc(COc2cc3c(cc2OC)-c2ccccc2CC(NC=O)C=N3)c1. The molecule has 1 aliphatic rings. The molecule has 204 valence electrons. The summed E-state index contributed by atoms with van der Waals surface area (Å²) in [5.74, 6) is 0.965. The Balaban J connectivity index is 1.65. The van der Waals surface area contributed by atoms with Crippen LogP contribution in [0, 0.1) is 0 Å². The van der Waals surface area contributed by atoms with E-state index in [1.165, 1.54) is 0 Å². The van der Waals surface area contributed by atoms with Crippen molar-refractivity contribution < 1.29 is 23.8 Å². The molecule has 2 unspecified atom stereocenters. The molecule has 0 fully saturated rings. The van der Waals surface area contributed by atoms with Crippen molar-refractivity contribution in [2.24, 2.45) is 4.99 Å². The molecule has 0 aromatic heterocycles. The number of ether oxygens (including phenoxy) is 3. The van der Waals surface area contributed by atoms with Crippen LogP contribution in [0.3, 0.4) is 0 Å². The maximum absolute atomic E-state index is 12.4. The molecule has 0 bridgehead atoms. The van der Waals surface area contributed by atoms with Gasteiger partial charge in [0.1, 0.15) is 6.61 Å². The molecule has 3 aromatic rings. The van der Waals surface area contributed by atoms with E-state index in [-0.39, 0.29) is 24.6 Å². The molecule has 2 amide bonds. The maximum atomic E-state index is 12.4. The van der Waals surface area contributed by atoms with Crippen molar-refractivity contribution in [3.8, 4) is 22.6 Å². The molecule has 0 saturated carbocycles. The van der Waals surface area contributed by atoms with Gasteiger partial charge in [-0.25, -0.2) is 0 Å². The first-order valence-corrected chi connectivity index (χ1v) is 12.7. The topological polar surface area (TPSA) is 110 Å². The van der Waals surface area contributed by atoms with Crippen LogP contribution in [-0.2, 0) is 34.0 Å². The van der Waals surface area contributed by atoms with Gasteiger partial charge in [0.2, 0.25) is 12.3 Å². The summed E-state index contributed by atoms with van der Waals surface area (Å²) in [5.41, 5.74) is 6.17. The van der Waals surface area contributed by atoms with E-state index in [0.29, 0.717) is 42.3 Å². The number of carbonyl (C=O) groups excluding carboxylic acids is 2. The van der Waals surface area contributed by atoms with Crippen LogP contribution in [-0.4, -0.2) is 51.9 Å². The van der Waals surface area contributed by atoms with Gasteiger partial charge >= 0.3 is 0 Å². The summed E-state index contributed by atoms with van der Waals surface area (Å²) in [6.45, 7) is 2.42. The number of nitrogens with one attached hydrogen (secondary N) is 3. The largest absolute Gasteiger partial charge is 0.493 e. The van der Waals surface area contributed by atoms with Crippen LogP contribution in [0.2, 0.25) is 0 Å². The van der Waals surface area contributed by atoms with Gasteiger partial charge in [-0.2, -0.15) is 0 Å². The summed E-state index contributed by atoms with van der Waals surface area (Å²) in [4.78, 5) is 28.3. The van der Waals surface area contributed by atoms with E-state index in [4.69, 9.17) is 19.2 Å². The number of fused-ring (bicyclic) bond motifs is 3. The van der Waals surface area contributed by atoms with E-state index < -0.39 is 0 Å². The molecular formula is C30H34N4O5. The smallest absolute Gasteiger partial charge is 0.241 e. The zero-order valence-corrected chi connectivity index (χ0v) is 22.6. The minimum absolute atomic E-state index is 0.136. The van der Waals surface area contributed by atoms with Gasteiger partial charge in [0.25, 0.3) is 0 Å². The van der Waals surface area contributed by atoms with Gasteiger partial charge in [-0.15, -0.1) is 0 Å². The lowest BCUT2D eigenvalue weighted by Gasteiger charge is -2.21. The third kappa shape index (κ3) is 6.81. The van der Waals surface area contributed by atoms with E-state index in [1.54, 1.807) is 34.4 Å². The summed E-state index contributed by atoms with van der Waals surface area (Å²) < 4.78 is 17.3. The predicted octanol–water partition coefficient (Wildman–Crippen LogP) is 4.01. The molecule has 0 aliphatic carbocycles. The van der Waals surface area contributed by atoms with Gasteiger partial charge in [0.15, 0.2) is 11.5 Å². The maximum Gasteiger partial charge on any atom is 0.241 e. The van der Waals surface area contributed by atoms with E-state index in [1.807, 2.05) is 48.5 Å². The molecule has 4 rings (SSSR count). The molecule has 1 heterocycles. The predicted molar refractivity (Wildman–Crippen MR) is 152 cm³/mol. The second-order valence-electron chi connectivity index (χ2n) is 9.31. The Labute approximate surface area is 228 Å². The van der Waals surface area contributed by atoms with E-state index in [2.05, 4.69) is 22.0 Å². The number of amides is 2. The lowest BCUT2D eigenvalue weighted by Crippen LogP contribution is -2.35. The number of benzene rings is 3. The van der Waals surface area contributed by atoms with Gasteiger partial charge in [0, 0.05) is 30.6 Å². The number of hydrogen-bond donors (Lipinski definition) is 3. The van der Waals surface area contributed by atoms with Crippen LogP contribution in [0.4, 0.5) is 11.4 Å². The molecule has 3 N–H and O–H groups in total. The Hall–Kier alpha value is -4.21. The monoisotopic (exact) mass is 530 g/mol. The van der Waals surface area contributed by atoms with Crippen LogP contribution in [0.5, 0.6) is 11.5 Å². The van der Waals surface area contributed by atoms with E-state index in [9.17, 15) is 9.59 Å². The van der Waals surface area contributed by atoms with Crippen molar-refractivity contribution in [3.05, 3.63) is 71.3 Å². The Morgan fingerprint density at radius 2 is 1.82 bits per heavy atom. The third-order valence-corrected chi connectivity index (χ3v) is 6.56. The number of nitrogens with zero attached hydrogens (tertiary/aromatic N) is 1. The Morgan fingerprint density at radius 3 is 2.54 bits per heavy atom. The number of carbonyl (C=O) groups is 2. The molecule has 2 atom stereocenters. The normalized spacial score (nSPS) is 14.7. The van der Waals surface area contributed by atoms with Gasteiger partial charge in [0.05, 0.1) is 31.5 Å². The Bertz CT molecular complexity index is 1360. The minimum Gasteiger partial charge on any atom is -0.493 e. The summed E-state index contributed by atoms with van der Waals surface area (Å²) in [6, 6.07) is 17.0. The summed E-state index contributed by atoms with van der Waals surface area (Å²) in [7, 11) is 4.97. The standard InChI is InChI=1S/C30H34N4O5/c1-19(31-2)30(36)34-23-10-20(16-37-3)9-21(11-23)17-39-29-14-27-26(13-28(29)38-4)25-8-6-5-7-22(25)12-24(15-32-27)33-18-35/h5-11,13-15,18-19,24,31H,12,16-17H2,1-4H3,(H,33,35)(H,34,36). The number of hydrogen-bond acceptors (Lipinski definition) is 7. The van der Waals surface area contributed by atoms with Crippen molar-refractivity contribution in [2.75, 3.05) is 26.6 Å². The molecule has 0 spiro atoms. The van der Waals surface area contributed by atoms with Crippen molar-refractivity contribution in [3.63, 3.8) is 0 Å². The van der Waals surface area contributed by atoms with Crippen LogP contribution in [0.25, 0.3) is 11.1 Å². The van der Waals surface area contributed by atoms with Crippen LogP contribution >= 0.6 is 0 Å². The molecule has 9 heteroatoms. The van der Waals surface area contributed by atoms with E-state index >= 15 is 0 Å². The summed E-state index contributed by atoms with van der Waals surface area (Å²) >= 11 is 0. The average Bonchev–Trinajstić information content (AvgIpc) is 2.93. The van der Waals surface area contributed by atoms with Gasteiger partial charge in [-0.1, -0.05) is 24.3 Å². The van der Waals surface area contributed by atoms with Gasteiger partial charge < -0.3 is 30.2 Å². The highest BCUT2D eigenvalue weighted by molar-refractivity contribution is 5.94. The van der Waals surface area contributed by atoms with Gasteiger partial charge in [-0.3, -0.25) is 14.6 Å². The van der Waals surface area contributed by atoms with E-state index in [0.717, 1.165) is 27.8 Å². The number of rotatable bonds is 11. The number of methoxy groups -OCH3 is 2. The first-order valence-electron chi connectivity index (χ1n) is 12.7. The minimum atomic E-state index is -0.337. The Kier molecular flexibility index (Phi) is 9.30. The Morgan fingerprint density at radius 1 is 1.05 bits per heavy atom. The van der Waals surface area contributed by atoms with Gasteiger partial charge in [-0.05, 0) is 66.9 Å². The quantitative estimate of drug-likeness (QED) is 0.323. The fraction of sp³-hybridized carbons (Fsp3) is 0.300. The third-order valence-electron chi connectivity index (χ3n) is 6.56.